The predicted molar refractivity (Wildman–Crippen MR) is 137 cm³/mol. The molecule has 1 saturated heterocycles. The molecule has 4 aromatic rings. The first-order valence-electron chi connectivity index (χ1n) is 11.6. The van der Waals surface area contributed by atoms with Gasteiger partial charge in [0.05, 0.1) is 53.5 Å². The third kappa shape index (κ3) is 3.81. The number of anilines is 2. The van der Waals surface area contributed by atoms with Crippen LogP contribution in [0.15, 0.2) is 42.6 Å². The number of nitrogens with one attached hydrogen (secondary N) is 3. The minimum atomic E-state index is -0.400. The highest BCUT2D eigenvalue weighted by molar-refractivity contribution is 6.32. The van der Waals surface area contributed by atoms with Crippen LogP contribution in [0.2, 0.25) is 5.02 Å². The first-order valence-corrected chi connectivity index (χ1v) is 12.0. The Morgan fingerprint density at radius 3 is 2.83 bits per heavy atom. The van der Waals surface area contributed by atoms with Gasteiger partial charge in [-0.3, -0.25) is 9.78 Å². The first kappa shape index (κ1) is 22.6. The van der Waals surface area contributed by atoms with Crippen LogP contribution >= 0.6 is 11.6 Å². The maximum absolute atomic E-state index is 13.0. The number of para-hydroxylation sites is 1. The number of amides is 1. The monoisotopic (exact) mass is 505 g/mol. The molecule has 1 aromatic carbocycles. The lowest BCUT2D eigenvalue weighted by Gasteiger charge is -2.37. The Bertz CT molecular complexity index is 1500. The second-order valence-electron chi connectivity index (χ2n) is 9.10. The van der Waals surface area contributed by atoms with Crippen LogP contribution in [0.1, 0.15) is 23.0 Å². The molecule has 0 spiro atoms. The second-order valence-corrected chi connectivity index (χ2v) is 9.51. The number of rotatable bonds is 6. The fourth-order valence-corrected chi connectivity index (χ4v) is 4.87. The van der Waals surface area contributed by atoms with Gasteiger partial charge in [0.15, 0.2) is 11.4 Å². The Balaban J connectivity index is 1.52. The maximum Gasteiger partial charge on any atom is 0.255 e. The molecular formula is C26H24ClN5O4. The normalized spacial score (nSPS) is 16.1. The smallest absolute Gasteiger partial charge is 0.255 e. The van der Waals surface area contributed by atoms with E-state index in [9.17, 15) is 4.79 Å². The summed E-state index contributed by atoms with van der Waals surface area (Å²) in [5, 5.41) is 6.81. The van der Waals surface area contributed by atoms with Crippen LogP contribution in [0.25, 0.3) is 22.3 Å². The highest BCUT2D eigenvalue weighted by Gasteiger charge is 2.36. The zero-order chi connectivity index (χ0) is 24.9. The molecule has 0 unspecified atom stereocenters. The molecule has 1 fully saturated rings. The van der Waals surface area contributed by atoms with Crippen molar-refractivity contribution >= 4 is 39.9 Å². The van der Waals surface area contributed by atoms with Gasteiger partial charge in [0, 0.05) is 36.5 Å². The van der Waals surface area contributed by atoms with Crippen molar-refractivity contribution < 1.29 is 19.0 Å². The van der Waals surface area contributed by atoms with Gasteiger partial charge in [-0.1, -0.05) is 17.7 Å². The summed E-state index contributed by atoms with van der Waals surface area (Å²) in [7, 11) is 1.56. The van der Waals surface area contributed by atoms with E-state index in [0.29, 0.717) is 76.5 Å². The van der Waals surface area contributed by atoms with Crippen LogP contribution in [-0.4, -0.2) is 53.3 Å². The van der Waals surface area contributed by atoms with Crippen LogP contribution in [0, 0.1) is 0 Å². The van der Waals surface area contributed by atoms with Crippen molar-refractivity contribution in [3.8, 4) is 22.9 Å². The van der Waals surface area contributed by atoms with Gasteiger partial charge in [-0.15, -0.1) is 0 Å². The molecular weight excluding hydrogens is 482 g/mol. The van der Waals surface area contributed by atoms with Crippen LogP contribution in [0.5, 0.6) is 11.6 Å². The zero-order valence-corrected chi connectivity index (χ0v) is 20.5. The minimum Gasteiger partial charge on any atom is -0.493 e. The Hall–Kier alpha value is -3.82. The van der Waals surface area contributed by atoms with Crippen LogP contribution in [0.4, 0.5) is 11.4 Å². The van der Waals surface area contributed by atoms with Crippen molar-refractivity contribution in [3.63, 3.8) is 0 Å². The number of fused-ring (bicyclic) bond motifs is 2. The zero-order valence-electron chi connectivity index (χ0n) is 19.8. The van der Waals surface area contributed by atoms with E-state index in [0.717, 1.165) is 11.3 Å². The number of pyridine rings is 2. The third-order valence-corrected chi connectivity index (χ3v) is 6.69. The molecule has 1 amide bonds. The van der Waals surface area contributed by atoms with Crippen molar-refractivity contribution in [2.75, 3.05) is 32.2 Å². The number of carbonyl (C=O) groups excluding carboxylic acids is 1. The molecule has 0 radical (unpaired) electrons. The molecule has 5 heterocycles. The molecule has 3 N–H and O–H groups in total. The molecule has 184 valence electrons. The topological polar surface area (TPSA) is 110 Å². The van der Waals surface area contributed by atoms with Gasteiger partial charge in [0.25, 0.3) is 5.91 Å². The number of halogens is 1. The molecule has 0 atom stereocenters. The maximum atomic E-state index is 13.0. The van der Waals surface area contributed by atoms with Gasteiger partial charge in [0.1, 0.15) is 5.52 Å². The number of nitrogens with zero attached hydrogens (tertiary/aromatic N) is 2. The summed E-state index contributed by atoms with van der Waals surface area (Å²) in [6.07, 6.45) is 2.40. The van der Waals surface area contributed by atoms with Gasteiger partial charge in [-0.2, -0.15) is 0 Å². The van der Waals surface area contributed by atoms with Crippen molar-refractivity contribution in [1.29, 1.82) is 0 Å². The lowest BCUT2D eigenvalue weighted by atomic mass is 10.0. The summed E-state index contributed by atoms with van der Waals surface area (Å²) in [6.45, 7) is 3.57. The highest BCUT2D eigenvalue weighted by Crippen LogP contribution is 2.42. The fraction of sp³-hybridized carbons (Fsp3) is 0.269. The number of aromatic amines is 1. The van der Waals surface area contributed by atoms with Crippen LogP contribution in [-0.2, 0) is 11.2 Å². The van der Waals surface area contributed by atoms with E-state index in [-0.39, 0.29) is 5.91 Å². The van der Waals surface area contributed by atoms with Gasteiger partial charge in [0.2, 0.25) is 5.88 Å². The van der Waals surface area contributed by atoms with Crippen molar-refractivity contribution in [3.05, 3.63) is 58.9 Å². The predicted octanol–water partition coefficient (Wildman–Crippen LogP) is 4.48. The lowest BCUT2D eigenvalue weighted by Crippen LogP contribution is -2.51. The Labute approximate surface area is 212 Å². The number of benzene rings is 1. The Kier molecular flexibility index (Phi) is 5.46. The summed E-state index contributed by atoms with van der Waals surface area (Å²) < 4.78 is 17.0. The minimum absolute atomic E-state index is 0.157. The van der Waals surface area contributed by atoms with E-state index in [2.05, 4.69) is 20.6 Å². The molecule has 0 bridgehead atoms. The number of hydrogen-bond donors (Lipinski definition) is 3. The molecule has 9 nitrogen and oxygen atoms in total. The number of H-pyrrole nitrogens is 1. The van der Waals surface area contributed by atoms with Gasteiger partial charge in [-0.25, -0.2) is 4.98 Å². The van der Waals surface area contributed by atoms with Crippen molar-refractivity contribution in [2.45, 2.75) is 18.9 Å². The molecule has 10 heteroatoms. The van der Waals surface area contributed by atoms with E-state index in [1.54, 1.807) is 19.4 Å². The summed E-state index contributed by atoms with van der Waals surface area (Å²) in [5.74, 6) is 0.818. The number of ether oxygens (including phenoxy) is 3. The van der Waals surface area contributed by atoms with E-state index < -0.39 is 5.60 Å². The third-order valence-electron chi connectivity index (χ3n) is 6.39. The van der Waals surface area contributed by atoms with E-state index >= 15 is 0 Å². The van der Waals surface area contributed by atoms with Gasteiger partial charge < -0.3 is 29.8 Å². The summed E-state index contributed by atoms with van der Waals surface area (Å²) in [6, 6.07) is 11.0. The molecule has 2 aliphatic heterocycles. The van der Waals surface area contributed by atoms with E-state index in [4.69, 9.17) is 30.8 Å². The van der Waals surface area contributed by atoms with E-state index in [1.807, 2.05) is 37.3 Å². The fourth-order valence-electron chi connectivity index (χ4n) is 4.62. The Morgan fingerprint density at radius 1 is 1.19 bits per heavy atom. The number of methoxy groups -OCH3 is 1. The number of hydrogen-bond acceptors (Lipinski definition) is 7. The molecule has 6 rings (SSSR count). The standard InChI is InChI=1S/C26H24ClN5O4/c1-26(12-35-13-26)36-19-7-6-17-21(32-19)14(8-10-28-17)22-23(20-16(30-22)9-11-29-25(20)33)31-18-5-3-4-15(27)24(18)34-2/h3-8,10,30-31H,9,11-13H2,1-2H3,(H,29,33). The first-order chi connectivity index (χ1) is 17.5. The second kappa shape index (κ2) is 8.69. The van der Waals surface area contributed by atoms with E-state index in [1.165, 1.54) is 0 Å². The van der Waals surface area contributed by atoms with Crippen molar-refractivity contribution in [2.24, 2.45) is 0 Å². The number of aromatic nitrogens is 3. The Morgan fingerprint density at radius 2 is 2.06 bits per heavy atom. The van der Waals surface area contributed by atoms with Crippen LogP contribution < -0.4 is 20.1 Å². The highest BCUT2D eigenvalue weighted by atomic mass is 35.5. The van der Waals surface area contributed by atoms with Gasteiger partial charge in [-0.05, 0) is 31.2 Å². The molecule has 0 aliphatic carbocycles. The summed E-state index contributed by atoms with van der Waals surface area (Å²) >= 11 is 6.37. The van der Waals surface area contributed by atoms with Crippen molar-refractivity contribution in [1.82, 2.24) is 20.3 Å². The molecule has 2 aliphatic rings. The SMILES string of the molecule is COc1c(Cl)cccc1Nc1c(-c2ccnc3ccc(OC4(C)COC4)nc23)[nH]c2c1C(=O)NCC2. The summed E-state index contributed by atoms with van der Waals surface area (Å²) in [5.41, 5.74) is 5.10. The number of carbonyl (C=O) groups is 1. The molecule has 0 saturated carbocycles. The lowest BCUT2D eigenvalue weighted by molar-refractivity contribution is -0.151. The summed E-state index contributed by atoms with van der Waals surface area (Å²) in [4.78, 5) is 25.8. The van der Waals surface area contributed by atoms with Crippen LogP contribution in [0.3, 0.4) is 0 Å². The quantitative estimate of drug-likeness (QED) is 0.354. The average Bonchev–Trinajstić information content (AvgIpc) is 3.22. The molecule has 36 heavy (non-hydrogen) atoms. The largest absolute Gasteiger partial charge is 0.493 e. The van der Waals surface area contributed by atoms with Gasteiger partial charge >= 0.3 is 0 Å². The molecule has 3 aromatic heterocycles. The average molecular weight is 506 g/mol.